The van der Waals surface area contributed by atoms with Crippen molar-refractivity contribution in [3.8, 4) is 0 Å². The van der Waals surface area contributed by atoms with Gasteiger partial charge in [0.2, 0.25) is 5.91 Å². The van der Waals surface area contributed by atoms with Gasteiger partial charge in [-0.05, 0) is 43.0 Å². The molecule has 0 bridgehead atoms. The quantitative estimate of drug-likeness (QED) is 0.190. The minimum absolute atomic E-state index is 0. The van der Waals surface area contributed by atoms with Crippen LogP contribution in [-0.2, 0) is 11.3 Å². The molecule has 2 aromatic heterocycles. The lowest BCUT2D eigenvalue weighted by Crippen LogP contribution is -2.38. The average molecular weight is 506 g/mol. The third-order valence-corrected chi connectivity index (χ3v) is 4.22. The highest BCUT2D eigenvalue weighted by molar-refractivity contribution is 14.0. The molecule has 0 aliphatic carbocycles. The Kier molecular flexibility index (Phi) is 9.42. The molecule has 0 saturated heterocycles. The molecular weight excluding hydrogens is 479 g/mol. The van der Waals surface area contributed by atoms with Crippen molar-refractivity contribution in [3.63, 3.8) is 0 Å². The van der Waals surface area contributed by atoms with E-state index in [1.807, 2.05) is 6.92 Å². The van der Waals surface area contributed by atoms with Gasteiger partial charge in [0, 0.05) is 37.5 Å². The van der Waals surface area contributed by atoms with Crippen LogP contribution in [-0.4, -0.2) is 41.1 Å². The van der Waals surface area contributed by atoms with Crippen LogP contribution in [0.25, 0.3) is 10.9 Å². The molecule has 0 atom stereocenters. The molecular formula is C21H27IN6O. The number of pyridine rings is 1. The molecule has 3 aromatic rings. The summed E-state index contributed by atoms with van der Waals surface area (Å²) in [6.07, 6.45) is 6.34. The standard InChI is InChI=1S/C21H26N6O.HI/c1-2-23-21(25-16-20(28)26-18-8-5-11-22-15-18)24-12-6-13-27-14-10-17-7-3-4-9-19(17)27;/h3-5,7-11,14-15H,2,6,12-13,16H2,1H3,(H,26,28)(H2,23,24,25);1H. The van der Waals surface area contributed by atoms with Gasteiger partial charge in [-0.3, -0.25) is 9.78 Å². The van der Waals surface area contributed by atoms with Crippen molar-refractivity contribution in [2.75, 3.05) is 25.0 Å². The Bertz CT molecular complexity index is 925. The summed E-state index contributed by atoms with van der Waals surface area (Å²) < 4.78 is 2.25. The van der Waals surface area contributed by atoms with Gasteiger partial charge in [0.25, 0.3) is 0 Å². The van der Waals surface area contributed by atoms with Gasteiger partial charge in [0.05, 0.1) is 11.9 Å². The van der Waals surface area contributed by atoms with Crippen LogP contribution in [0.5, 0.6) is 0 Å². The monoisotopic (exact) mass is 506 g/mol. The van der Waals surface area contributed by atoms with Crippen LogP contribution < -0.4 is 16.0 Å². The molecule has 2 heterocycles. The van der Waals surface area contributed by atoms with Crippen LogP contribution in [0.2, 0.25) is 0 Å². The van der Waals surface area contributed by atoms with Crippen LogP contribution >= 0.6 is 24.0 Å². The first-order chi connectivity index (χ1) is 13.8. The zero-order valence-electron chi connectivity index (χ0n) is 16.5. The topological polar surface area (TPSA) is 83.3 Å². The van der Waals surface area contributed by atoms with E-state index >= 15 is 0 Å². The van der Waals surface area contributed by atoms with Crippen molar-refractivity contribution in [2.45, 2.75) is 19.9 Å². The van der Waals surface area contributed by atoms with Crippen molar-refractivity contribution >= 4 is 52.4 Å². The predicted molar refractivity (Wildman–Crippen MR) is 129 cm³/mol. The van der Waals surface area contributed by atoms with Gasteiger partial charge in [-0.2, -0.15) is 0 Å². The van der Waals surface area contributed by atoms with Crippen molar-refractivity contribution in [1.29, 1.82) is 0 Å². The first kappa shape index (κ1) is 22.7. The number of fused-ring (bicyclic) bond motifs is 1. The maximum absolute atomic E-state index is 12.0. The highest BCUT2D eigenvalue weighted by Gasteiger charge is 2.04. The number of hydrogen-bond donors (Lipinski definition) is 3. The highest BCUT2D eigenvalue weighted by atomic mass is 127. The molecule has 3 N–H and O–H groups in total. The Morgan fingerprint density at radius 3 is 2.79 bits per heavy atom. The van der Waals surface area contributed by atoms with Gasteiger partial charge in [0.1, 0.15) is 6.54 Å². The number of para-hydroxylation sites is 1. The number of halogens is 1. The normalized spacial score (nSPS) is 11.0. The maximum atomic E-state index is 12.0. The number of nitrogens with zero attached hydrogens (tertiary/aromatic N) is 3. The molecule has 1 aromatic carbocycles. The van der Waals surface area contributed by atoms with E-state index < -0.39 is 0 Å². The zero-order valence-corrected chi connectivity index (χ0v) is 18.8. The number of anilines is 1. The lowest BCUT2D eigenvalue weighted by atomic mass is 10.2. The lowest BCUT2D eigenvalue weighted by Gasteiger charge is -2.12. The summed E-state index contributed by atoms with van der Waals surface area (Å²) in [5.41, 5.74) is 1.91. The number of amides is 1. The van der Waals surface area contributed by atoms with Crippen LogP contribution in [0.4, 0.5) is 5.69 Å². The van der Waals surface area contributed by atoms with E-state index in [1.54, 1.807) is 24.5 Å². The summed E-state index contributed by atoms with van der Waals surface area (Å²) in [7, 11) is 0. The number of guanidine groups is 1. The molecule has 8 heteroatoms. The molecule has 0 radical (unpaired) electrons. The van der Waals surface area contributed by atoms with Crippen LogP contribution in [0.3, 0.4) is 0 Å². The van der Waals surface area contributed by atoms with Gasteiger partial charge in [-0.15, -0.1) is 24.0 Å². The van der Waals surface area contributed by atoms with Crippen molar-refractivity contribution in [3.05, 3.63) is 61.1 Å². The second kappa shape index (κ2) is 12.1. The number of aryl methyl sites for hydroxylation is 1. The molecule has 0 fully saturated rings. The van der Waals surface area contributed by atoms with Gasteiger partial charge >= 0.3 is 0 Å². The molecule has 7 nitrogen and oxygen atoms in total. The largest absolute Gasteiger partial charge is 0.357 e. The van der Waals surface area contributed by atoms with Crippen LogP contribution in [0.1, 0.15) is 13.3 Å². The Labute approximate surface area is 188 Å². The van der Waals surface area contributed by atoms with E-state index in [0.717, 1.165) is 26.1 Å². The van der Waals surface area contributed by atoms with Gasteiger partial charge in [0.15, 0.2) is 5.96 Å². The van der Waals surface area contributed by atoms with E-state index in [4.69, 9.17) is 0 Å². The Balaban J connectivity index is 0.00000300. The summed E-state index contributed by atoms with van der Waals surface area (Å²) in [5.74, 6) is 0.463. The van der Waals surface area contributed by atoms with Crippen molar-refractivity contribution < 1.29 is 4.79 Å². The fourth-order valence-corrected chi connectivity index (χ4v) is 2.92. The van der Waals surface area contributed by atoms with E-state index in [-0.39, 0.29) is 36.4 Å². The van der Waals surface area contributed by atoms with E-state index in [0.29, 0.717) is 11.6 Å². The smallest absolute Gasteiger partial charge is 0.246 e. The van der Waals surface area contributed by atoms with E-state index in [2.05, 4.69) is 67.0 Å². The third kappa shape index (κ3) is 7.04. The Morgan fingerprint density at radius 1 is 1.14 bits per heavy atom. The zero-order chi connectivity index (χ0) is 19.6. The van der Waals surface area contributed by atoms with Gasteiger partial charge in [-0.1, -0.05) is 18.2 Å². The summed E-state index contributed by atoms with van der Waals surface area (Å²) >= 11 is 0. The third-order valence-electron chi connectivity index (χ3n) is 4.22. The summed E-state index contributed by atoms with van der Waals surface area (Å²) in [4.78, 5) is 20.4. The molecule has 0 saturated carbocycles. The second-order valence-electron chi connectivity index (χ2n) is 6.33. The molecule has 1 amide bonds. The number of benzene rings is 1. The Hall–Kier alpha value is -2.62. The van der Waals surface area contributed by atoms with Crippen molar-refractivity contribution in [1.82, 2.24) is 20.2 Å². The molecule has 0 aliphatic heterocycles. The first-order valence-corrected chi connectivity index (χ1v) is 9.52. The van der Waals surface area contributed by atoms with Crippen molar-refractivity contribution in [2.24, 2.45) is 4.99 Å². The molecule has 154 valence electrons. The minimum atomic E-state index is -0.177. The Morgan fingerprint density at radius 2 is 2.00 bits per heavy atom. The van der Waals surface area contributed by atoms with Crippen LogP contribution in [0, 0.1) is 0 Å². The number of nitrogens with one attached hydrogen (secondary N) is 3. The number of hydrogen-bond acceptors (Lipinski definition) is 3. The molecule has 0 spiro atoms. The molecule has 0 unspecified atom stereocenters. The van der Waals surface area contributed by atoms with E-state index in [9.17, 15) is 4.79 Å². The molecule has 29 heavy (non-hydrogen) atoms. The lowest BCUT2D eigenvalue weighted by molar-refractivity contribution is -0.114. The second-order valence-corrected chi connectivity index (χ2v) is 6.33. The number of rotatable bonds is 8. The SMILES string of the molecule is CCNC(=NCC(=O)Nc1cccnc1)NCCCn1ccc2ccccc21.I. The number of carbonyl (C=O) groups excluding carboxylic acids is 1. The van der Waals surface area contributed by atoms with Gasteiger partial charge < -0.3 is 20.5 Å². The maximum Gasteiger partial charge on any atom is 0.246 e. The fourth-order valence-electron chi connectivity index (χ4n) is 2.92. The minimum Gasteiger partial charge on any atom is -0.357 e. The number of carbonyl (C=O) groups is 1. The molecule has 3 rings (SSSR count). The summed E-state index contributed by atoms with van der Waals surface area (Å²) in [6.45, 7) is 4.47. The predicted octanol–water partition coefficient (Wildman–Crippen LogP) is 3.24. The molecule has 0 aliphatic rings. The number of aromatic nitrogens is 2. The van der Waals surface area contributed by atoms with Gasteiger partial charge in [-0.25, -0.2) is 4.99 Å². The average Bonchev–Trinajstić information content (AvgIpc) is 3.13. The summed E-state index contributed by atoms with van der Waals surface area (Å²) in [6, 6.07) is 14.1. The summed E-state index contributed by atoms with van der Waals surface area (Å²) in [5, 5.41) is 10.5. The van der Waals surface area contributed by atoms with Crippen LogP contribution in [0.15, 0.2) is 66.0 Å². The number of aliphatic imine (C=N–C) groups is 1. The first-order valence-electron chi connectivity index (χ1n) is 9.52. The van der Waals surface area contributed by atoms with E-state index in [1.165, 1.54) is 10.9 Å². The fraction of sp³-hybridized carbons (Fsp3) is 0.286. The highest BCUT2D eigenvalue weighted by Crippen LogP contribution is 2.15.